The Labute approximate surface area is 204 Å². The van der Waals surface area contributed by atoms with Gasteiger partial charge in [0.05, 0.1) is 24.6 Å². The molecular weight excluding hydrogens is 446 g/mol. The van der Waals surface area contributed by atoms with Gasteiger partial charge in [0, 0.05) is 61.9 Å². The lowest BCUT2D eigenvalue weighted by Gasteiger charge is -2.35. The van der Waals surface area contributed by atoms with E-state index in [0.29, 0.717) is 24.7 Å². The first-order valence-corrected chi connectivity index (χ1v) is 12.0. The van der Waals surface area contributed by atoms with Crippen LogP contribution in [0.15, 0.2) is 24.4 Å². The number of piperazine rings is 1. The standard InChI is InChI=1S/C25H31N7O3/c1-4-35-24(34)22-19-7-5-16-14-26-25(28-21(16)23(19)31(3)29-22)27-18-6-8-20(17(13-18)15-33)32-11-9-30(2)10-12-32/h6,8,13-14,33H,4-5,7,9-12,15H2,1-3H3,(H,26,27,28). The second-order valence-electron chi connectivity index (χ2n) is 9.00. The summed E-state index contributed by atoms with van der Waals surface area (Å²) in [5, 5.41) is 17.7. The number of likely N-dealkylation sites (N-methyl/N-ethyl adjacent to an activating group) is 1. The zero-order chi connectivity index (χ0) is 24.5. The first-order chi connectivity index (χ1) is 17.0. The maximum atomic E-state index is 12.4. The fraction of sp³-hybridized carbons (Fsp3) is 0.440. The van der Waals surface area contributed by atoms with Crippen LogP contribution in [0, 0.1) is 0 Å². The van der Waals surface area contributed by atoms with Crippen molar-refractivity contribution >= 4 is 23.3 Å². The Hall–Kier alpha value is -3.50. The quantitative estimate of drug-likeness (QED) is 0.516. The summed E-state index contributed by atoms with van der Waals surface area (Å²) in [6, 6.07) is 5.98. The number of nitrogens with zero attached hydrogens (tertiary/aromatic N) is 6. The molecule has 0 saturated carbocycles. The van der Waals surface area contributed by atoms with Crippen molar-refractivity contribution in [3.63, 3.8) is 0 Å². The lowest BCUT2D eigenvalue weighted by atomic mass is 9.93. The fourth-order valence-corrected chi connectivity index (χ4v) is 4.85. The molecule has 5 rings (SSSR count). The van der Waals surface area contributed by atoms with Crippen LogP contribution in [0.4, 0.5) is 17.3 Å². The van der Waals surface area contributed by atoms with Gasteiger partial charge >= 0.3 is 5.97 Å². The van der Waals surface area contributed by atoms with E-state index in [0.717, 1.165) is 72.1 Å². The number of rotatable bonds is 6. The molecule has 0 amide bonds. The molecule has 0 unspecified atom stereocenters. The molecule has 1 aliphatic heterocycles. The summed E-state index contributed by atoms with van der Waals surface area (Å²) >= 11 is 0. The third kappa shape index (κ3) is 4.46. The number of aryl methyl sites for hydroxylation is 2. The van der Waals surface area contributed by atoms with Crippen LogP contribution in [0.2, 0.25) is 0 Å². The molecule has 0 atom stereocenters. The second kappa shape index (κ2) is 9.63. The number of aliphatic hydroxyl groups is 1. The fourth-order valence-electron chi connectivity index (χ4n) is 4.85. The molecule has 1 aliphatic carbocycles. The molecule has 2 aliphatic rings. The number of benzene rings is 1. The van der Waals surface area contributed by atoms with Crippen molar-refractivity contribution in [2.24, 2.45) is 7.05 Å². The molecule has 1 aromatic carbocycles. The van der Waals surface area contributed by atoms with Crippen LogP contribution in [0.3, 0.4) is 0 Å². The summed E-state index contributed by atoms with van der Waals surface area (Å²) < 4.78 is 6.89. The molecule has 2 aromatic heterocycles. The SMILES string of the molecule is CCOC(=O)c1nn(C)c2c1CCc1cnc(Nc3ccc(N4CCN(C)CC4)c(CO)c3)nc1-2. The number of carbonyl (C=O) groups is 1. The van der Waals surface area contributed by atoms with E-state index in [4.69, 9.17) is 9.72 Å². The molecule has 10 heteroatoms. The van der Waals surface area contributed by atoms with Crippen LogP contribution < -0.4 is 10.2 Å². The van der Waals surface area contributed by atoms with Crippen molar-refractivity contribution in [2.45, 2.75) is 26.4 Å². The Kier molecular flexibility index (Phi) is 6.40. The summed E-state index contributed by atoms with van der Waals surface area (Å²) in [5.74, 6) is 0.0453. The van der Waals surface area contributed by atoms with Crippen molar-refractivity contribution in [3.05, 3.63) is 46.8 Å². The Morgan fingerprint density at radius 2 is 1.97 bits per heavy atom. The van der Waals surface area contributed by atoms with Gasteiger partial charge in [-0.15, -0.1) is 0 Å². The number of hydrogen-bond acceptors (Lipinski definition) is 9. The van der Waals surface area contributed by atoms with Gasteiger partial charge in [0.25, 0.3) is 0 Å². The molecule has 3 aromatic rings. The predicted molar refractivity (Wildman–Crippen MR) is 133 cm³/mol. The van der Waals surface area contributed by atoms with Gasteiger partial charge in [0.2, 0.25) is 5.95 Å². The Balaban J connectivity index is 1.42. The van der Waals surface area contributed by atoms with Crippen molar-refractivity contribution in [1.82, 2.24) is 24.6 Å². The van der Waals surface area contributed by atoms with E-state index in [-0.39, 0.29) is 6.61 Å². The van der Waals surface area contributed by atoms with Crippen molar-refractivity contribution in [2.75, 3.05) is 50.1 Å². The highest BCUT2D eigenvalue weighted by Crippen LogP contribution is 2.35. The summed E-state index contributed by atoms with van der Waals surface area (Å²) in [6.07, 6.45) is 3.25. The highest BCUT2D eigenvalue weighted by Gasteiger charge is 2.29. The molecule has 0 spiro atoms. The minimum Gasteiger partial charge on any atom is -0.461 e. The third-order valence-electron chi connectivity index (χ3n) is 6.70. The monoisotopic (exact) mass is 477 g/mol. The molecule has 10 nitrogen and oxygen atoms in total. The maximum Gasteiger partial charge on any atom is 0.359 e. The predicted octanol–water partition coefficient (Wildman–Crippen LogP) is 2.14. The zero-order valence-electron chi connectivity index (χ0n) is 20.4. The van der Waals surface area contributed by atoms with E-state index in [1.807, 2.05) is 31.4 Å². The van der Waals surface area contributed by atoms with Gasteiger partial charge in [0.15, 0.2) is 5.69 Å². The lowest BCUT2D eigenvalue weighted by Crippen LogP contribution is -2.44. The van der Waals surface area contributed by atoms with Crippen LogP contribution in [-0.2, 0) is 31.2 Å². The molecule has 35 heavy (non-hydrogen) atoms. The molecule has 3 heterocycles. The second-order valence-corrected chi connectivity index (χ2v) is 9.00. The Bertz CT molecular complexity index is 1250. The van der Waals surface area contributed by atoms with E-state index in [1.165, 1.54) is 0 Å². The number of anilines is 3. The number of carbonyl (C=O) groups excluding carboxylic acids is 1. The molecule has 1 saturated heterocycles. The van der Waals surface area contributed by atoms with Gasteiger partial charge in [-0.1, -0.05) is 0 Å². The largest absolute Gasteiger partial charge is 0.461 e. The van der Waals surface area contributed by atoms with Crippen LogP contribution in [0.1, 0.15) is 34.1 Å². The van der Waals surface area contributed by atoms with Gasteiger partial charge in [0.1, 0.15) is 0 Å². The van der Waals surface area contributed by atoms with Gasteiger partial charge in [-0.05, 0) is 50.6 Å². The number of fused-ring (bicyclic) bond motifs is 3. The minimum atomic E-state index is -0.405. The van der Waals surface area contributed by atoms with E-state index in [2.05, 4.69) is 32.2 Å². The maximum absolute atomic E-state index is 12.4. The third-order valence-corrected chi connectivity index (χ3v) is 6.70. The van der Waals surface area contributed by atoms with Gasteiger partial charge < -0.3 is 25.0 Å². The van der Waals surface area contributed by atoms with Gasteiger partial charge in [-0.3, -0.25) is 4.68 Å². The molecule has 184 valence electrons. The number of esters is 1. The lowest BCUT2D eigenvalue weighted by molar-refractivity contribution is 0.0517. The summed E-state index contributed by atoms with van der Waals surface area (Å²) in [6.45, 7) is 5.92. The zero-order valence-corrected chi connectivity index (χ0v) is 20.4. The summed E-state index contributed by atoms with van der Waals surface area (Å²) in [4.78, 5) is 26.3. The number of aliphatic hydroxyl groups excluding tert-OH is 1. The topological polar surface area (TPSA) is 109 Å². The first kappa shape index (κ1) is 23.3. The van der Waals surface area contributed by atoms with E-state index >= 15 is 0 Å². The average molecular weight is 478 g/mol. The molecule has 0 radical (unpaired) electrons. The van der Waals surface area contributed by atoms with Crippen LogP contribution >= 0.6 is 0 Å². The number of hydrogen-bond donors (Lipinski definition) is 2. The Morgan fingerprint density at radius 1 is 1.17 bits per heavy atom. The first-order valence-electron chi connectivity index (χ1n) is 12.0. The highest BCUT2D eigenvalue weighted by molar-refractivity contribution is 5.91. The number of aromatic nitrogens is 4. The molecule has 1 fully saturated rings. The Morgan fingerprint density at radius 3 is 2.71 bits per heavy atom. The van der Waals surface area contributed by atoms with Crippen molar-refractivity contribution in [3.8, 4) is 11.4 Å². The van der Waals surface area contributed by atoms with Crippen LogP contribution in [0.25, 0.3) is 11.4 Å². The molecule has 0 bridgehead atoms. The van der Waals surface area contributed by atoms with Crippen LogP contribution in [-0.4, -0.2) is 75.6 Å². The van der Waals surface area contributed by atoms with E-state index in [9.17, 15) is 9.90 Å². The number of ether oxygens (including phenoxy) is 1. The average Bonchev–Trinajstić information content (AvgIpc) is 3.21. The smallest absolute Gasteiger partial charge is 0.359 e. The molecule has 2 N–H and O–H groups in total. The van der Waals surface area contributed by atoms with Gasteiger partial charge in [-0.25, -0.2) is 14.8 Å². The summed E-state index contributed by atoms with van der Waals surface area (Å²) in [5.41, 5.74) is 6.56. The van der Waals surface area contributed by atoms with Crippen molar-refractivity contribution in [1.29, 1.82) is 0 Å². The highest BCUT2D eigenvalue weighted by atomic mass is 16.5. The van der Waals surface area contributed by atoms with Crippen molar-refractivity contribution < 1.29 is 14.6 Å². The van der Waals surface area contributed by atoms with E-state index < -0.39 is 5.97 Å². The minimum absolute atomic E-state index is 0.0444. The normalized spacial score (nSPS) is 15.5. The number of nitrogens with one attached hydrogen (secondary N) is 1. The van der Waals surface area contributed by atoms with Gasteiger partial charge in [-0.2, -0.15) is 5.10 Å². The van der Waals surface area contributed by atoms with Crippen LogP contribution in [0.5, 0.6) is 0 Å². The summed E-state index contributed by atoms with van der Waals surface area (Å²) in [7, 11) is 3.94. The molecular formula is C25H31N7O3. The van der Waals surface area contributed by atoms with E-state index in [1.54, 1.807) is 11.6 Å².